The Kier molecular flexibility index (Phi) is 6.87. The quantitative estimate of drug-likeness (QED) is 0.594. The lowest BCUT2D eigenvalue weighted by molar-refractivity contribution is -0.126. The maximum Gasteiger partial charge on any atom is 0.253 e. The maximum absolute atomic E-state index is 13.2. The van der Waals surface area contributed by atoms with Gasteiger partial charge in [0, 0.05) is 30.6 Å². The number of hydrogen-bond acceptors (Lipinski definition) is 2. The van der Waals surface area contributed by atoms with E-state index in [9.17, 15) is 14.0 Å². The minimum atomic E-state index is -0.379. The van der Waals surface area contributed by atoms with Gasteiger partial charge < -0.3 is 10.2 Å². The van der Waals surface area contributed by atoms with Gasteiger partial charge in [-0.3, -0.25) is 9.59 Å². The summed E-state index contributed by atoms with van der Waals surface area (Å²) in [5, 5.41) is 3.17. The van der Waals surface area contributed by atoms with Crippen molar-refractivity contribution < 1.29 is 14.0 Å². The molecule has 1 unspecified atom stereocenters. The van der Waals surface area contributed by atoms with Gasteiger partial charge in [-0.05, 0) is 55.2 Å². The average molecular weight is 445 g/mol. The molecule has 3 aromatic rings. The molecule has 1 aliphatic rings. The van der Waals surface area contributed by atoms with E-state index < -0.39 is 0 Å². The van der Waals surface area contributed by atoms with E-state index in [1.54, 1.807) is 4.90 Å². The lowest BCUT2D eigenvalue weighted by Gasteiger charge is -2.34. The van der Waals surface area contributed by atoms with Crippen LogP contribution in [0.1, 0.15) is 41.3 Å². The van der Waals surface area contributed by atoms with Crippen molar-refractivity contribution in [3.05, 3.63) is 107 Å². The monoisotopic (exact) mass is 444 g/mol. The lowest BCUT2D eigenvalue weighted by atomic mass is 9.76. The Balaban J connectivity index is 1.45. The molecule has 0 radical (unpaired) electrons. The SMILES string of the molecule is CC(CNC(=O)C1CCCN(C(=O)c2ccc(F)cc2)C1)(c1ccccc1)c1ccccc1. The minimum absolute atomic E-state index is 0.0373. The third kappa shape index (κ3) is 5.14. The zero-order valence-corrected chi connectivity index (χ0v) is 18.8. The van der Waals surface area contributed by atoms with E-state index in [4.69, 9.17) is 0 Å². The molecule has 33 heavy (non-hydrogen) atoms. The van der Waals surface area contributed by atoms with E-state index >= 15 is 0 Å². The molecule has 1 atom stereocenters. The first-order chi connectivity index (χ1) is 16.0. The second-order valence-electron chi connectivity index (χ2n) is 8.88. The number of likely N-dealkylation sites (tertiary alicyclic amines) is 1. The molecule has 3 aromatic carbocycles. The second kappa shape index (κ2) is 9.99. The highest BCUT2D eigenvalue weighted by atomic mass is 19.1. The third-order valence-corrected chi connectivity index (χ3v) is 6.61. The molecule has 1 fully saturated rings. The Morgan fingerprint density at radius 2 is 1.52 bits per heavy atom. The summed E-state index contributed by atoms with van der Waals surface area (Å²) >= 11 is 0. The molecule has 5 heteroatoms. The Bertz CT molecular complexity index is 1040. The normalized spacial score (nSPS) is 16.3. The molecule has 1 heterocycles. The number of nitrogens with zero attached hydrogens (tertiary/aromatic N) is 1. The summed E-state index contributed by atoms with van der Waals surface area (Å²) in [7, 11) is 0. The predicted molar refractivity (Wildman–Crippen MR) is 127 cm³/mol. The Hall–Kier alpha value is -3.47. The first kappa shape index (κ1) is 22.7. The Morgan fingerprint density at radius 3 is 2.09 bits per heavy atom. The summed E-state index contributed by atoms with van der Waals surface area (Å²) in [4.78, 5) is 27.7. The second-order valence-corrected chi connectivity index (χ2v) is 8.88. The van der Waals surface area contributed by atoms with E-state index in [0.717, 1.165) is 24.0 Å². The van der Waals surface area contributed by atoms with E-state index in [1.807, 2.05) is 36.4 Å². The van der Waals surface area contributed by atoms with Gasteiger partial charge in [0.25, 0.3) is 5.91 Å². The van der Waals surface area contributed by atoms with Crippen molar-refractivity contribution >= 4 is 11.8 Å². The van der Waals surface area contributed by atoms with Crippen LogP contribution in [0.4, 0.5) is 4.39 Å². The van der Waals surface area contributed by atoms with Crippen molar-refractivity contribution in [2.75, 3.05) is 19.6 Å². The lowest BCUT2D eigenvalue weighted by Crippen LogP contribution is -2.48. The number of benzene rings is 3. The highest BCUT2D eigenvalue weighted by Gasteiger charge is 2.33. The number of nitrogens with one attached hydrogen (secondary N) is 1. The molecule has 170 valence electrons. The number of amides is 2. The van der Waals surface area contributed by atoms with Crippen molar-refractivity contribution in [1.82, 2.24) is 10.2 Å². The number of piperidine rings is 1. The van der Waals surface area contributed by atoms with Crippen LogP contribution in [-0.2, 0) is 10.2 Å². The zero-order chi connectivity index (χ0) is 23.3. The number of carbonyl (C=O) groups is 2. The number of carbonyl (C=O) groups excluding carboxylic acids is 2. The Labute approximate surface area is 194 Å². The van der Waals surface area contributed by atoms with Crippen LogP contribution in [0.15, 0.2) is 84.9 Å². The first-order valence-electron chi connectivity index (χ1n) is 11.4. The third-order valence-electron chi connectivity index (χ3n) is 6.61. The molecular formula is C28H29FN2O2. The predicted octanol–water partition coefficient (Wildman–Crippen LogP) is 4.80. The van der Waals surface area contributed by atoms with Crippen LogP contribution < -0.4 is 5.32 Å². The van der Waals surface area contributed by atoms with Crippen molar-refractivity contribution in [1.29, 1.82) is 0 Å². The van der Waals surface area contributed by atoms with Crippen LogP contribution in [0.3, 0.4) is 0 Å². The van der Waals surface area contributed by atoms with Crippen LogP contribution in [-0.4, -0.2) is 36.3 Å². The highest BCUT2D eigenvalue weighted by Crippen LogP contribution is 2.31. The van der Waals surface area contributed by atoms with Crippen LogP contribution >= 0.6 is 0 Å². The highest BCUT2D eigenvalue weighted by molar-refractivity contribution is 5.94. The molecule has 4 nitrogen and oxygen atoms in total. The fourth-order valence-corrected chi connectivity index (χ4v) is 4.54. The molecule has 0 aromatic heterocycles. The zero-order valence-electron chi connectivity index (χ0n) is 18.8. The smallest absolute Gasteiger partial charge is 0.253 e. The van der Waals surface area contributed by atoms with Gasteiger partial charge in [0.15, 0.2) is 0 Å². The van der Waals surface area contributed by atoms with Crippen molar-refractivity contribution in [2.45, 2.75) is 25.2 Å². The largest absolute Gasteiger partial charge is 0.355 e. The van der Waals surface area contributed by atoms with Crippen LogP contribution in [0.25, 0.3) is 0 Å². The van der Waals surface area contributed by atoms with Gasteiger partial charge in [0.2, 0.25) is 5.91 Å². The Morgan fingerprint density at radius 1 is 0.939 bits per heavy atom. The van der Waals surface area contributed by atoms with E-state index in [0.29, 0.717) is 25.2 Å². The van der Waals surface area contributed by atoms with E-state index in [2.05, 4.69) is 36.5 Å². The van der Waals surface area contributed by atoms with Crippen LogP contribution in [0, 0.1) is 11.7 Å². The van der Waals surface area contributed by atoms with E-state index in [1.165, 1.54) is 24.3 Å². The summed E-state index contributed by atoms with van der Waals surface area (Å²) < 4.78 is 13.2. The molecule has 1 aliphatic heterocycles. The van der Waals surface area contributed by atoms with Gasteiger partial charge in [-0.25, -0.2) is 4.39 Å². The first-order valence-corrected chi connectivity index (χ1v) is 11.4. The van der Waals surface area contributed by atoms with Gasteiger partial charge in [0.1, 0.15) is 5.82 Å². The molecule has 0 spiro atoms. The fourth-order valence-electron chi connectivity index (χ4n) is 4.54. The number of hydrogen-bond donors (Lipinski definition) is 1. The maximum atomic E-state index is 13.2. The molecule has 2 amide bonds. The standard InChI is InChI=1S/C28H29FN2O2/c1-28(23-10-4-2-5-11-23,24-12-6-3-7-13-24)20-30-26(32)22-9-8-18-31(19-22)27(33)21-14-16-25(29)17-15-21/h2-7,10-17,22H,8-9,18-20H2,1H3,(H,30,32). The van der Waals surface area contributed by atoms with Gasteiger partial charge in [-0.15, -0.1) is 0 Å². The summed E-state index contributed by atoms with van der Waals surface area (Å²) in [6.45, 7) is 3.58. The molecule has 1 saturated heterocycles. The van der Waals surface area contributed by atoms with Gasteiger partial charge in [-0.1, -0.05) is 60.7 Å². The molecule has 1 N–H and O–H groups in total. The topological polar surface area (TPSA) is 49.4 Å². The molecular weight excluding hydrogens is 415 g/mol. The number of rotatable bonds is 6. The molecule has 0 aliphatic carbocycles. The average Bonchev–Trinajstić information content (AvgIpc) is 2.88. The molecule has 4 rings (SSSR count). The summed E-state index contributed by atoms with van der Waals surface area (Å²) in [5.74, 6) is -0.836. The van der Waals surface area contributed by atoms with Gasteiger partial charge in [-0.2, -0.15) is 0 Å². The van der Waals surface area contributed by atoms with Crippen molar-refractivity contribution in [3.8, 4) is 0 Å². The summed E-state index contributed by atoms with van der Waals surface area (Å²) in [6.07, 6.45) is 1.51. The van der Waals surface area contributed by atoms with Crippen LogP contribution in [0.2, 0.25) is 0 Å². The minimum Gasteiger partial charge on any atom is -0.355 e. The van der Waals surface area contributed by atoms with Crippen LogP contribution in [0.5, 0.6) is 0 Å². The molecule has 0 saturated carbocycles. The number of halogens is 1. The van der Waals surface area contributed by atoms with Crippen molar-refractivity contribution in [2.24, 2.45) is 5.92 Å². The summed E-state index contributed by atoms with van der Waals surface area (Å²) in [5.41, 5.74) is 2.33. The van der Waals surface area contributed by atoms with Crippen molar-refractivity contribution in [3.63, 3.8) is 0 Å². The molecule has 0 bridgehead atoms. The van der Waals surface area contributed by atoms with Gasteiger partial charge >= 0.3 is 0 Å². The summed E-state index contributed by atoms with van der Waals surface area (Å²) in [6, 6.07) is 25.9. The van der Waals surface area contributed by atoms with Gasteiger partial charge in [0.05, 0.1) is 5.92 Å². The fraction of sp³-hybridized carbons (Fsp3) is 0.286. The van der Waals surface area contributed by atoms with E-state index in [-0.39, 0.29) is 29.0 Å².